The van der Waals surface area contributed by atoms with Crippen molar-refractivity contribution in [2.75, 3.05) is 18.6 Å². The van der Waals surface area contributed by atoms with Crippen LogP contribution in [-0.2, 0) is 0 Å². The number of aromatic nitrogens is 1. The highest BCUT2D eigenvalue weighted by atomic mass is 16.5. The molecule has 1 aliphatic heterocycles. The Labute approximate surface area is 208 Å². The third-order valence-corrected chi connectivity index (χ3v) is 7.08. The Morgan fingerprint density at radius 1 is 1.14 bits per heavy atom. The molecule has 3 aromatic rings. The number of amides is 1. The summed E-state index contributed by atoms with van der Waals surface area (Å²) < 4.78 is 7.84. The van der Waals surface area contributed by atoms with E-state index in [9.17, 15) is 4.79 Å². The fourth-order valence-corrected chi connectivity index (χ4v) is 5.47. The molecule has 0 saturated heterocycles. The fourth-order valence-electron chi connectivity index (χ4n) is 5.47. The first-order chi connectivity index (χ1) is 16.7. The van der Waals surface area contributed by atoms with E-state index in [0.29, 0.717) is 11.5 Å². The summed E-state index contributed by atoms with van der Waals surface area (Å²) >= 11 is 0. The number of nitrogens with one attached hydrogen (secondary N) is 1. The van der Waals surface area contributed by atoms with Gasteiger partial charge in [0.2, 0.25) is 0 Å². The zero-order valence-electron chi connectivity index (χ0n) is 21.8. The maximum atomic E-state index is 12.7. The monoisotopic (exact) mass is 472 g/mol. The number of anilines is 1. The van der Waals surface area contributed by atoms with E-state index in [1.54, 1.807) is 13.3 Å². The Balaban J connectivity index is 1.52. The van der Waals surface area contributed by atoms with Gasteiger partial charge in [0.25, 0.3) is 5.91 Å². The van der Waals surface area contributed by atoms with Crippen molar-refractivity contribution in [1.29, 1.82) is 0 Å². The van der Waals surface area contributed by atoms with Gasteiger partial charge in [-0.05, 0) is 95.0 Å². The number of fused-ring (bicyclic) bond motifs is 1. The molecular weight excluding hydrogens is 436 g/mol. The number of methoxy groups -OCH3 is 1. The predicted molar refractivity (Wildman–Crippen MR) is 143 cm³/mol. The van der Waals surface area contributed by atoms with Crippen molar-refractivity contribution < 1.29 is 9.53 Å². The molecule has 0 aliphatic carbocycles. The maximum absolute atomic E-state index is 12.7. The average Bonchev–Trinajstić information content (AvgIpc) is 3.16. The summed E-state index contributed by atoms with van der Waals surface area (Å²) in [7, 11) is 1.67. The number of carbonyl (C=O) groups is 1. The number of aryl methyl sites for hydroxylation is 2. The maximum Gasteiger partial charge on any atom is 0.271 e. The van der Waals surface area contributed by atoms with Crippen molar-refractivity contribution >= 4 is 17.8 Å². The normalized spacial score (nSPS) is 16.9. The number of hydrogen-bond donors (Lipinski definition) is 1. The second kappa shape index (κ2) is 9.61. The van der Waals surface area contributed by atoms with Gasteiger partial charge in [-0.3, -0.25) is 4.79 Å². The van der Waals surface area contributed by atoms with E-state index >= 15 is 0 Å². The molecule has 0 spiro atoms. The molecule has 35 heavy (non-hydrogen) atoms. The molecule has 2 aromatic carbocycles. The Morgan fingerprint density at radius 2 is 1.80 bits per heavy atom. The number of nitrogens with zero attached hydrogens (tertiary/aromatic N) is 3. The highest BCUT2D eigenvalue weighted by molar-refractivity contribution is 5.95. The van der Waals surface area contributed by atoms with Gasteiger partial charge < -0.3 is 14.2 Å². The molecule has 6 nitrogen and oxygen atoms in total. The molecule has 1 aliphatic rings. The van der Waals surface area contributed by atoms with Gasteiger partial charge in [-0.25, -0.2) is 5.43 Å². The highest BCUT2D eigenvalue weighted by Gasteiger charge is 2.36. The number of benzene rings is 2. The predicted octanol–water partition coefficient (Wildman–Crippen LogP) is 5.98. The summed E-state index contributed by atoms with van der Waals surface area (Å²) in [6, 6.07) is 16.0. The van der Waals surface area contributed by atoms with Crippen LogP contribution in [0.2, 0.25) is 0 Å². The largest absolute Gasteiger partial charge is 0.496 e. The molecule has 2 heterocycles. The zero-order valence-corrected chi connectivity index (χ0v) is 21.8. The van der Waals surface area contributed by atoms with Crippen LogP contribution < -0.4 is 15.1 Å². The molecule has 1 unspecified atom stereocenters. The summed E-state index contributed by atoms with van der Waals surface area (Å²) in [6.07, 6.45) is 2.74. The molecule has 4 rings (SSSR count). The van der Waals surface area contributed by atoms with Crippen LogP contribution in [0.3, 0.4) is 0 Å². The average molecular weight is 473 g/mol. The molecule has 1 amide bonds. The molecule has 1 aromatic heterocycles. The molecule has 1 N–H and O–H groups in total. The van der Waals surface area contributed by atoms with Crippen molar-refractivity contribution in [2.45, 2.75) is 59.4 Å². The van der Waals surface area contributed by atoms with Crippen molar-refractivity contribution in [2.24, 2.45) is 5.10 Å². The topological polar surface area (TPSA) is 58.9 Å². The van der Waals surface area contributed by atoms with Gasteiger partial charge in [-0.1, -0.05) is 6.92 Å². The first-order valence-corrected chi connectivity index (χ1v) is 12.2. The Morgan fingerprint density at radius 3 is 2.40 bits per heavy atom. The van der Waals surface area contributed by atoms with Crippen LogP contribution in [0.25, 0.3) is 5.69 Å². The lowest BCUT2D eigenvalue weighted by Gasteiger charge is -2.47. The minimum atomic E-state index is -0.252. The van der Waals surface area contributed by atoms with Gasteiger partial charge in [-0.15, -0.1) is 0 Å². The first-order valence-electron chi connectivity index (χ1n) is 12.2. The van der Waals surface area contributed by atoms with Gasteiger partial charge in [0.15, 0.2) is 0 Å². The van der Waals surface area contributed by atoms with Gasteiger partial charge >= 0.3 is 0 Å². The summed E-state index contributed by atoms with van der Waals surface area (Å²) in [5.74, 6) is 0.909. The molecule has 0 bridgehead atoms. The first kappa shape index (κ1) is 24.6. The molecule has 184 valence electrons. The van der Waals surface area contributed by atoms with E-state index in [4.69, 9.17) is 4.74 Å². The van der Waals surface area contributed by atoms with E-state index in [0.717, 1.165) is 41.4 Å². The zero-order chi connectivity index (χ0) is 25.3. The van der Waals surface area contributed by atoms with E-state index in [1.807, 2.05) is 24.3 Å². The lowest BCUT2D eigenvalue weighted by Crippen LogP contribution is -2.48. The van der Waals surface area contributed by atoms with E-state index < -0.39 is 0 Å². The van der Waals surface area contributed by atoms with Crippen LogP contribution in [0.4, 0.5) is 5.69 Å². The summed E-state index contributed by atoms with van der Waals surface area (Å²) in [4.78, 5) is 15.1. The smallest absolute Gasteiger partial charge is 0.271 e. The van der Waals surface area contributed by atoms with Crippen molar-refractivity contribution in [3.63, 3.8) is 0 Å². The van der Waals surface area contributed by atoms with E-state index in [1.165, 1.54) is 11.3 Å². The van der Waals surface area contributed by atoms with Crippen LogP contribution in [0.5, 0.6) is 5.75 Å². The Hall–Kier alpha value is -3.54. The second-order valence-corrected chi connectivity index (χ2v) is 10.0. The van der Waals surface area contributed by atoms with Crippen molar-refractivity contribution in [3.05, 3.63) is 76.6 Å². The van der Waals surface area contributed by atoms with E-state index in [-0.39, 0.29) is 11.4 Å². The molecule has 0 radical (unpaired) electrons. The lowest BCUT2D eigenvalue weighted by atomic mass is 9.79. The minimum absolute atomic E-state index is 0.0874. The van der Waals surface area contributed by atoms with Gasteiger partial charge in [0.1, 0.15) is 5.75 Å². The lowest BCUT2D eigenvalue weighted by molar-refractivity contribution is 0.0955. The van der Waals surface area contributed by atoms with Crippen LogP contribution in [0, 0.1) is 13.8 Å². The second-order valence-electron chi connectivity index (χ2n) is 10.0. The van der Waals surface area contributed by atoms with Crippen LogP contribution in [0.15, 0.2) is 53.6 Å². The molecule has 6 heteroatoms. The van der Waals surface area contributed by atoms with Gasteiger partial charge in [-0.2, -0.15) is 5.10 Å². The SMILES string of the molecule is CCN1c2cc(OC)c(/C=N\NC(=O)c3ccc(-n4c(C)ccc4C)cc3)cc2C(C)CC1(C)C. The van der Waals surface area contributed by atoms with Gasteiger partial charge in [0.05, 0.1) is 13.3 Å². The Kier molecular flexibility index (Phi) is 6.75. The standard InChI is InChI=1S/C29H36N4O2/c1-8-32-26-16-27(35-7)23(15-25(26)19(2)17-29(32,5)6)18-30-31-28(34)22-11-13-24(14-12-22)33-20(3)9-10-21(33)4/h9-16,18-19H,8,17H2,1-7H3,(H,31,34)/b30-18-. The van der Waals surface area contributed by atoms with Crippen LogP contribution in [0.1, 0.15) is 72.9 Å². The van der Waals surface area contributed by atoms with Crippen molar-refractivity contribution in [3.8, 4) is 11.4 Å². The molecular formula is C29H36N4O2. The third kappa shape index (κ3) is 4.70. The summed E-state index contributed by atoms with van der Waals surface area (Å²) in [5, 5.41) is 4.25. The van der Waals surface area contributed by atoms with Crippen LogP contribution in [-0.4, -0.2) is 35.9 Å². The molecule has 0 fully saturated rings. The highest BCUT2D eigenvalue weighted by Crippen LogP contribution is 2.45. The van der Waals surface area contributed by atoms with Crippen molar-refractivity contribution in [1.82, 2.24) is 9.99 Å². The number of rotatable bonds is 6. The Bertz CT molecular complexity index is 1230. The van der Waals surface area contributed by atoms with Gasteiger partial charge in [0, 0.05) is 52.0 Å². The summed E-state index contributed by atoms with van der Waals surface area (Å²) in [5.41, 5.74) is 9.99. The van der Waals surface area contributed by atoms with E-state index in [2.05, 4.69) is 85.8 Å². The number of hydrazone groups is 1. The summed E-state index contributed by atoms with van der Waals surface area (Å²) in [6.45, 7) is 14.1. The molecule has 0 saturated carbocycles. The quantitative estimate of drug-likeness (QED) is 0.355. The number of hydrogen-bond acceptors (Lipinski definition) is 4. The number of ether oxygens (including phenoxy) is 1. The minimum Gasteiger partial charge on any atom is -0.496 e. The third-order valence-electron chi connectivity index (χ3n) is 7.08. The number of carbonyl (C=O) groups excluding carboxylic acids is 1. The van der Waals surface area contributed by atoms with Crippen LogP contribution >= 0.6 is 0 Å². The molecule has 1 atom stereocenters. The fraction of sp³-hybridized carbons (Fsp3) is 0.379.